The van der Waals surface area contributed by atoms with Crippen LogP contribution in [0, 0.1) is 5.92 Å². The number of hydrogen-bond acceptors (Lipinski definition) is 7. The summed E-state index contributed by atoms with van der Waals surface area (Å²) in [5.74, 6) is -2.04. The van der Waals surface area contributed by atoms with E-state index in [2.05, 4.69) is 22.3 Å². The SMILES string of the molecule is CCCCCCN(C(=O)C(NC(=O)OC(C)(C)C)C(C)CC)C(C(=O)NCC(=O)OC)c1cccc(O)c1. The molecular weight excluding hydrogens is 490 g/mol. The second-order valence-corrected chi connectivity index (χ2v) is 10.4. The van der Waals surface area contributed by atoms with Gasteiger partial charge in [0.15, 0.2) is 0 Å². The van der Waals surface area contributed by atoms with Crippen molar-refractivity contribution in [1.82, 2.24) is 15.5 Å². The Hall–Kier alpha value is -3.30. The molecule has 0 bridgehead atoms. The van der Waals surface area contributed by atoms with Gasteiger partial charge >= 0.3 is 12.1 Å². The Labute approximate surface area is 226 Å². The highest BCUT2D eigenvalue weighted by atomic mass is 16.6. The number of carbonyl (C=O) groups excluding carboxylic acids is 4. The third kappa shape index (κ3) is 11.0. The maximum absolute atomic E-state index is 14.1. The predicted octanol–water partition coefficient (Wildman–Crippen LogP) is 4.07. The monoisotopic (exact) mass is 535 g/mol. The number of rotatable bonds is 14. The Kier molecular flexibility index (Phi) is 13.6. The first kappa shape index (κ1) is 32.7. The van der Waals surface area contributed by atoms with E-state index in [1.807, 2.05) is 13.8 Å². The summed E-state index contributed by atoms with van der Waals surface area (Å²) >= 11 is 0. The number of phenolic OH excluding ortho intramolecular Hbond substituents is 1. The number of unbranched alkanes of at least 4 members (excludes halogenated alkanes) is 3. The molecule has 0 aromatic heterocycles. The number of benzene rings is 1. The lowest BCUT2D eigenvalue weighted by Crippen LogP contribution is -2.55. The molecule has 0 spiro atoms. The number of nitrogens with one attached hydrogen (secondary N) is 2. The van der Waals surface area contributed by atoms with Crippen LogP contribution in [-0.2, 0) is 23.9 Å². The van der Waals surface area contributed by atoms with Gasteiger partial charge in [-0.25, -0.2) is 4.79 Å². The van der Waals surface area contributed by atoms with Gasteiger partial charge in [-0.1, -0.05) is 58.6 Å². The van der Waals surface area contributed by atoms with Crippen molar-refractivity contribution in [2.45, 2.75) is 91.3 Å². The molecule has 3 N–H and O–H groups in total. The summed E-state index contributed by atoms with van der Waals surface area (Å²) in [6.07, 6.45) is 3.26. The Morgan fingerprint density at radius 3 is 2.32 bits per heavy atom. The maximum Gasteiger partial charge on any atom is 0.408 e. The van der Waals surface area contributed by atoms with Crippen LogP contribution in [0.15, 0.2) is 24.3 Å². The number of esters is 1. The molecule has 0 saturated heterocycles. The van der Waals surface area contributed by atoms with Crippen LogP contribution >= 0.6 is 0 Å². The lowest BCUT2D eigenvalue weighted by atomic mass is 9.95. The highest BCUT2D eigenvalue weighted by molar-refractivity contribution is 5.93. The molecule has 0 radical (unpaired) electrons. The van der Waals surface area contributed by atoms with Crippen molar-refractivity contribution in [2.24, 2.45) is 5.92 Å². The second kappa shape index (κ2) is 15.8. The lowest BCUT2D eigenvalue weighted by molar-refractivity contribution is -0.145. The van der Waals surface area contributed by atoms with Crippen molar-refractivity contribution >= 4 is 23.9 Å². The van der Waals surface area contributed by atoms with Crippen LogP contribution in [0.1, 0.15) is 85.3 Å². The summed E-state index contributed by atoms with van der Waals surface area (Å²) < 4.78 is 10.0. The van der Waals surface area contributed by atoms with E-state index < -0.39 is 41.6 Å². The average molecular weight is 536 g/mol. The number of aromatic hydroxyl groups is 1. The first-order valence-electron chi connectivity index (χ1n) is 13.3. The Bertz CT molecular complexity index is 929. The number of nitrogens with zero attached hydrogens (tertiary/aromatic N) is 1. The van der Waals surface area contributed by atoms with Gasteiger partial charge in [0.25, 0.3) is 0 Å². The molecule has 0 aliphatic heterocycles. The largest absolute Gasteiger partial charge is 0.508 e. The van der Waals surface area contributed by atoms with E-state index in [-0.39, 0.29) is 24.8 Å². The summed E-state index contributed by atoms with van der Waals surface area (Å²) in [5, 5.41) is 15.4. The highest BCUT2D eigenvalue weighted by Gasteiger charge is 2.38. The Morgan fingerprint density at radius 1 is 1.08 bits per heavy atom. The van der Waals surface area contributed by atoms with Crippen LogP contribution in [0.4, 0.5) is 4.79 Å². The zero-order valence-corrected chi connectivity index (χ0v) is 23.8. The minimum atomic E-state index is -1.16. The minimum absolute atomic E-state index is 0.0722. The normalized spacial score (nSPS) is 13.6. The molecule has 0 aliphatic carbocycles. The van der Waals surface area contributed by atoms with Crippen molar-refractivity contribution in [2.75, 3.05) is 20.2 Å². The van der Waals surface area contributed by atoms with Crippen molar-refractivity contribution in [3.63, 3.8) is 0 Å². The minimum Gasteiger partial charge on any atom is -0.508 e. The summed E-state index contributed by atoms with van der Waals surface area (Å²) in [6, 6.07) is 3.96. The molecule has 0 aliphatic rings. The third-order valence-corrected chi connectivity index (χ3v) is 6.07. The van der Waals surface area contributed by atoms with Gasteiger partial charge in [0.2, 0.25) is 11.8 Å². The topological polar surface area (TPSA) is 134 Å². The van der Waals surface area contributed by atoms with E-state index in [0.29, 0.717) is 18.4 Å². The molecule has 0 heterocycles. The summed E-state index contributed by atoms with van der Waals surface area (Å²) in [7, 11) is 1.21. The highest BCUT2D eigenvalue weighted by Crippen LogP contribution is 2.27. The number of alkyl carbamates (subject to hydrolysis) is 1. The van der Waals surface area contributed by atoms with Crippen LogP contribution in [0.2, 0.25) is 0 Å². The molecule has 214 valence electrons. The third-order valence-electron chi connectivity index (χ3n) is 6.07. The number of carbonyl (C=O) groups is 4. The summed E-state index contributed by atoms with van der Waals surface area (Å²) in [6.45, 7) is 10.9. The number of ether oxygens (including phenoxy) is 2. The molecule has 38 heavy (non-hydrogen) atoms. The van der Waals surface area contributed by atoms with Crippen LogP contribution < -0.4 is 10.6 Å². The molecule has 1 rings (SSSR count). The van der Waals surface area contributed by atoms with E-state index in [9.17, 15) is 24.3 Å². The second-order valence-electron chi connectivity index (χ2n) is 10.4. The van der Waals surface area contributed by atoms with Crippen LogP contribution in [0.3, 0.4) is 0 Å². The summed E-state index contributed by atoms with van der Waals surface area (Å²) in [4.78, 5) is 53.4. The first-order chi connectivity index (χ1) is 17.8. The van der Waals surface area contributed by atoms with Gasteiger partial charge in [-0.2, -0.15) is 0 Å². The van der Waals surface area contributed by atoms with E-state index >= 15 is 0 Å². The van der Waals surface area contributed by atoms with Crippen LogP contribution in [0.5, 0.6) is 5.75 Å². The number of hydrogen-bond donors (Lipinski definition) is 3. The van der Waals surface area contributed by atoms with Gasteiger partial charge in [0.05, 0.1) is 7.11 Å². The van der Waals surface area contributed by atoms with Gasteiger partial charge in [-0.15, -0.1) is 0 Å². The molecule has 3 amide bonds. The van der Waals surface area contributed by atoms with Crippen molar-refractivity contribution in [3.05, 3.63) is 29.8 Å². The standard InChI is InChI=1S/C28H45N3O7/c1-8-10-11-12-16-31(26(35)23(19(3)9-2)30-27(36)38-28(4,5)6)24(20-14-13-15-21(32)17-20)25(34)29-18-22(33)37-7/h13-15,17,19,23-24,32H,8-12,16,18H2,1-7H3,(H,29,34)(H,30,36). The smallest absolute Gasteiger partial charge is 0.408 e. The number of amides is 3. The lowest BCUT2D eigenvalue weighted by Gasteiger charge is -2.36. The fourth-order valence-electron chi connectivity index (χ4n) is 3.87. The van der Waals surface area contributed by atoms with Crippen molar-refractivity contribution in [3.8, 4) is 5.75 Å². The first-order valence-corrected chi connectivity index (χ1v) is 13.3. The quantitative estimate of drug-likeness (QED) is 0.241. The zero-order chi connectivity index (χ0) is 28.9. The van der Waals surface area contributed by atoms with Gasteiger partial charge in [-0.05, 0) is 50.8 Å². The predicted molar refractivity (Wildman–Crippen MR) is 144 cm³/mol. The van der Waals surface area contributed by atoms with Crippen LogP contribution in [0.25, 0.3) is 0 Å². The molecule has 1 aromatic rings. The van der Waals surface area contributed by atoms with Crippen molar-refractivity contribution in [1.29, 1.82) is 0 Å². The number of methoxy groups -OCH3 is 1. The van der Waals surface area contributed by atoms with Crippen molar-refractivity contribution < 1.29 is 33.8 Å². The fourth-order valence-corrected chi connectivity index (χ4v) is 3.87. The molecule has 0 saturated carbocycles. The van der Waals surface area contributed by atoms with E-state index in [4.69, 9.17) is 4.74 Å². The molecule has 10 heteroatoms. The zero-order valence-electron chi connectivity index (χ0n) is 23.8. The van der Waals surface area contributed by atoms with E-state index in [1.165, 1.54) is 24.1 Å². The summed E-state index contributed by atoms with van der Waals surface area (Å²) in [5.41, 5.74) is -0.387. The Morgan fingerprint density at radius 2 is 1.76 bits per heavy atom. The Balaban J connectivity index is 3.51. The van der Waals surface area contributed by atoms with Gasteiger partial charge in [-0.3, -0.25) is 14.4 Å². The molecule has 3 atom stereocenters. The van der Waals surface area contributed by atoms with Gasteiger partial charge < -0.3 is 30.1 Å². The molecule has 10 nitrogen and oxygen atoms in total. The molecular formula is C28H45N3O7. The molecule has 0 fully saturated rings. The van der Waals surface area contributed by atoms with Gasteiger partial charge in [0, 0.05) is 6.54 Å². The van der Waals surface area contributed by atoms with Crippen LogP contribution in [-0.4, -0.2) is 65.7 Å². The maximum atomic E-state index is 14.1. The van der Waals surface area contributed by atoms with Gasteiger partial charge in [0.1, 0.15) is 30.0 Å². The average Bonchev–Trinajstić information content (AvgIpc) is 2.85. The fraction of sp³-hybridized carbons (Fsp3) is 0.643. The van der Waals surface area contributed by atoms with E-state index in [0.717, 1.165) is 19.3 Å². The van der Waals surface area contributed by atoms with E-state index in [1.54, 1.807) is 32.9 Å². The molecule has 1 aromatic carbocycles. The molecule has 3 unspecified atom stereocenters. The number of phenols is 1.